The van der Waals surface area contributed by atoms with Crippen LogP contribution in [0.4, 0.5) is 10.7 Å². The Morgan fingerprint density at radius 2 is 1.96 bits per heavy atom. The van der Waals surface area contributed by atoms with Crippen molar-refractivity contribution >= 4 is 28.9 Å². The van der Waals surface area contributed by atoms with Crippen LogP contribution in [0.2, 0.25) is 0 Å². The predicted molar refractivity (Wildman–Crippen MR) is 95.5 cm³/mol. The molecule has 2 aliphatic rings. The van der Waals surface area contributed by atoms with Gasteiger partial charge in [-0.3, -0.25) is 9.69 Å². The molecule has 1 unspecified atom stereocenters. The third-order valence-electron chi connectivity index (χ3n) is 5.10. The molecule has 2 N–H and O–H groups in total. The van der Waals surface area contributed by atoms with Gasteiger partial charge in [0.2, 0.25) is 11.9 Å². The van der Waals surface area contributed by atoms with E-state index >= 15 is 0 Å². The van der Waals surface area contributed by atoms with Gasteiger partial charge in [0.15, 0.2) is 0 Å². The summed E-state index contributed by atoms with van der Waals surface area (Å²) >= 11 is 0. The third kappa shape index (κ3) is 2.94. The van der Waals surface area contributed by atoms with Crippen LogP contribution in [0, 0.1) is 0 Å². The summed E-state index contributed by atoms with van der Waals surface area (Å²) in [7, 11) is 0. The van der Waals surface area contributed by atoms with Gasteiger partial charge in [-0.2, -0.15) is 0 Å². The van der Waals surface area contributed by atoms with E-state index in [1.54, 1.807) is 11.8 Å². The smallest absolute Gasteiger partial charge is 0.324 e. The molecule has 7 nitrogen and oxygen atoms in total. The van der Waals surface area contributed by atoms with Crippen LogP contribution >= 0.6 is 0 Å². The van der Waals surface area contributed by atoms with Crippen molar-refractivity contribution in [2.24, 2.45) is 0 Å². The van der Waals surface area contributed by atoms with E-state index in [4.69, 9.17) is 0 Å². The molecule has 2 heterocycles. The molecule has 132 valence electrons. The largest absolute Gasteiger partial charge is 0.352 e. The van der Waals surface area contributed by atoms with E-state index in [-0.39, 0.29) is 18.0 Å². The number of fused-ring (bicyclic) bond motifs is 3. The zero-order valence-corrected chi connectivity index (χ0v) is 14.4. The van der Waals surface area contributed by atoms with E-state index in [0.29, 0.717) is 19.0 Å². The Bertz CT molecular complexity index is 809. The number of urea groups is 1. The average molecular weight is 341 g/mol. The number of carbonyl (C=O) groups excluding carboxylic acids is 2. The number of imidazole rings is 1. The lowest BCUT2D eigenvalue weighted by Gasteiger charge is -2.21. The Morgan fingerprint density at radius 3 is 2.76 bits per heavy atom. The highest BCUT2D eigenvalue weighted by molar-refractivity contribution is 5.96. The lowest BCUT2D eigenvalue weighted by molar-refractivity contribution is -0.123. The molecule has 1 aromatic carbocycles. The van der Waals surface area contributed by atoms with E-state index in [1.807, 2.05) is 28.8 Å². The third-order valence-corrected chi connectivity index (χ3v) is 5.10. The number of rotatable bonds is 3. The first-order valence-corrected chi connectivity index (χ1v) is 8.97. The standard InChI is InChI=1S/C18H23N5O2/c1-12(16(24)20-13-6-2-3-7-13)19-18(25)23-11-10-22-15-9-5-4-8-14(15)21-17(22)23/h4-5,8-9,12-13H,2-3,6-7,10-11H2,1H3,(H,19,25)(H,20,24). The molecule has 1 aromatic heterocycles. The molecule has 4 rings (SSSR count). The summed E-state index contributed by atoms with van der Waals surface area (Å²) in [6.07, 6.45) is 4.39. The summed E-state index contributed by atoms with van der Waals surface area (Å²) in [5, 5.41) is 5.82. The molecule has 1 aliphatic carbocycles. The summed E-state index contributed by atoms with van der Waals surface area (Å²) in [4.78, 5) is 31.1. The van der Waals surface area contributed by atoms with Gasteiger partial charge >= 0.3 is 6.03 Å². The molecule has 0 spiro atoms. The molecule has 1 atom stereocenters. The first-order valence-electron chi connectivity index (χ1n) is 8.97. The second kappa shape index (κ2) is 6.38. The molecule has 7 heteroatoms. The van der Waals surface area contributed by atoms with Crippen LogP contribution in [0.25, 0.3) is 11.0 Å². The molecule has 0 saturated heterocycles. The van der Waals surface area contributed by atoms with Gasteiger partial charge < -0.3 is 15.2 Å². The zero-order chi connectivity index (χ0) is 17.4. The Hall–Kier alpha value is -2.57. The van der Waals surface area contributed by atoms with Gasteiger partial charge in [-0.15, -0.1) is 0 Å². The maximum atomic E-state index is 12.6. The molecule has 3 amide bonds. The van der Waals surface area contributed by atoms with Crippen molar-refractivity contribution in [1.82, 2.24) is 20.2 Å². The minimum absolute atomic E-state index is 0.118. The van der Waals surface area contributed by atoms with Crippen molar-refractivity contribution in [2.45, 2.75) is 51.2 Å². The molecule has 1 saturated carbocycles. The van der Waals surface area contributed by atoms with Gasteiger partial charge in [0.05, 0.1) is 11.0 Å². The Kier molecular flexibility index (Phi) is 4.07. The summed E-state index contributed by atoms with van der Waals surface area (Å²) in [6, 6.07) is 7.26. The fourth-order valence-corrected chi connectivity index (χ4v) is 3.71. The van der Waals surface area contributed by atoms with Crippen molar-refractivity contribution in [3.05, 3.63) is 24.3 Å². The number of nitrogens with one attached hydrogen (secondary N) is 2. The van der Waals surface area contributed by atoms with Crippen LogP contribution in [0.1, 0.15) is 32.6 Å². The summed E-state index contributed by atoms with van der Waals surface area (Å²) in [5.41, 5.74) is 1.90. The number of nitrogens with zero attached hydrogens (tertiary/aromatic N) is 3. The number of para-hydroxylation sites is 2. The minimum Gasteiger partial charge on any atom is -0.352 e. The fourth-order valence-electron chi connectivity index (χ4n) is 3.71. The van der Waals surface area contributed by atoms with Gasteiger partial charge in [-0.05, 0) is 31.9 Å². The van der Waals surface area contributed by atoms with Crippen molar-refractivity contribution in [1.29, 1.82) is 0 Å². The summed E-state index contributed by atoms with van der Waals surface area (Å²) in [6.45, 7) is 3.00. The van der Waals surface area contributed by atoms with Gasteiger partial charge in [0.1, 0.15) is 6.04 Å². The molecular formula is C18H23N5O2. The molecule has 25 heavy (non-hydrogen) atoms. The van der Waals surface area contributed by atoms with E-state index in [1.165, 1.54) is 0 Å². The molecule has 0 radical (unpaired) electrons. The SMILES string of the molecule is CC(NC(=O)N1CCn2c1nc1ccccc12)C(=O)NC1CCCC1. The number of carbonyl (C=O) groups is 2. The number of hydrogen-bond donors (Lipinski definition) is 2. The lowest BCUT2D eigenvalue weighted by atomic mass is 10.2. The van der Waals surface area contributed by atoms with Crippen LogP contribution in [-0.4, -0.2) is 40.1 Å². The Balaban J connectivity index is 1.43. The van der Waals surface area contributed by atoms with Crippen LogP contribution < -0.4 is 15.5 Å². The molecule has 1 aliphatic heterocycles. The van der Waals surface area contributed by atoms with Gasteiger partial charge in [0.25, 0.3) is 0 Å². The van der Waals surface area contributed by atoms with E-state index < -0.39 is 6.04 Å². The second-order valence-corrected chi connectivity index (χ2v) is 6.86. The first kappa shape index (κ1) is 15.9. The van der Waals surface area contributed by atoms with Crippen molar-refractivity contribution in [3.8, 4) is 0 Å². The fraction of sp³-hybridized carbons (Fsp3) is 0.500. The van der Waals surface area contributed by atoms with Crippen LogP contribution in [-0.2, 0) is 11.3 Å². The van der Waals surface area contributed by atoms with Crippen LogP contribution in [0.15, 0.2) is 24.3 Å². The average Bonchev–Trinajstić information content (AvgIpc) is 3.30. The number of anilines is 1. The molecular weight excluding hydrogens is 318 g/mol. The van der Waals surface area contributed by atoms with E-state index in [0.717, 1.165) is 36.7 Å². The minimum atomic E-state index is -0.563. The lowest BCUT2D eigenvalue weighted by Crippen LogP contribution is -2.51. The van der Waals surface area contributed by atoms with Gasteiger partial charge in [0, 0.05) is 19.1 Å². The number of benzene rings is 1. The highest BCUT2D eigenvalue weighted by Crippen LogP contribution is 2.27. The van der Waals surface area contributed by atoms with Crippen LogP contribution in [0.3, 0.4) is 0 Å². The first-order chi connectivity index (χ1) is 12.1. The molecule has 0 bridgehead atoms. The maximum Gasteiger partial charge on any atom is 0.324 e. The monoisotopic (exact) mass is 341 g/mol. The van der Waals surface area contributed by atoms with Crippen molar-refractivity contribution < 1.29 is 9.59 Å². The number of amides is 3. The van der Waals surface area contributed by atoms with E-state index in [2.05, 4.69) is 15.6 Å². The molecule has 1 fully saturated rings. The quantitative estimate of drug-likeness (QED) is 0.896. The summed E-state index contributed by atoms with van der Waals surface area (Å²) in [5.74, 6) is 0.523. The maximum absolute atomic E-state index is 12.6. The predicted octanol–water partition coefficient (Wildman–Crippen LogP) is 2.01. The Labute approximate surface area is 146 Å². The Morgan fingerprint density at radius 1 is 1.20 bits per heavy atom. The van der Waals surface area contributed by atoms with E-state index in [9.17, 15) is 9.59 Å². The number of aromatic nitrogens is 2. The topological polar surface area (TPSA) is 79.3 Å². The van der Waals surface area contributed by atoms with Gasteiger partial charge in [-0.25, -0.2) is 9.78 Å². The highest BCUT2D eigenvalue weighted by atomic mass is 16.2. The number of hydrogen-bond acceptors (Lipinski definition) is 3. The zero-order valence-electron chi connectivity index (χ0n) is 14.4. The van der Waals surface area contributed by atoms with Gasteiger partial charge in [-0.1, -0.05) is 25.0 Å². The highest BCUT2D eigenvalue weighted by Gasteiger charge is 2.30. The van der Waals surface area contributed by atoms with Crippen molar-refractivity contribution in [2.75, 3.05) is 11.4 Å². The summed E-state index contributed by atoms with van der Waals surface area (Å²) < 4.78 is 2.04. The normalized spacial score (nSPS) is 18.4. The molecule has 2 aromatic rings. The van der Waals surface area contributed by atoms with Crippen LogP contribution in [0.5, 0.6) is 0 Å². The van der Waals surface area contributed by atoms with Crippen molar-refractivity contribution in [3.63, 3.8) is 0 Å². The second-order valence-electron chi connectivity index (χ2n) is 6.86.